The minimum absolute atomic E-state index is 0.00463. The van der Waals surface area contributed by atoms with Crippen LogP contribution >= 0.6 is 12.6 Å². The van der Waals surface area contributed by atoms with Gasteiger partial charge in [-0.25, -0.2) is 0 Å². The first kappa shape index (κ1) is 8.87. The number of aliphatic hydroxyl groups excluding tert-OH is 1. The van der Waals surface area contributed by atoms with Crippen LogP contribution in [-0.2, 0) is 4.79 Å². The van der Waals surface area contributed by atoms with Gasteiger partial charge in [0.2, 0.25) is 5.91 Å². The predicted octanol–water partition coefficient (Wildman–Crippen LogP) is -0.102. The largest absolute Gasteiger partial charge is 0.394 e. The molecule has 1 rings (SSSR count). The zero-order valence-corrected chi connectivity index (χ0v) is 7.42. The van der Waals surface area contributed by atoms with Crippen LogP contribution in [0, 0.1) is 0 Å². The lowest BCUT2D eigenvalue weighted by molar-refractivity contribution is -0.130. The molecule has 1 saturated heterocycles. The summed E-state index contributed by atoms with van der Waals surface area (Å²) in [7, 11) is 0. The van der Waals surface area contributed by atoms with E-state index in [-0.39, 0.29) is 23.8 Å². The molecule has 0 spiro atoms. The van der Waals surface area contributed by atoms with Crippen LogP contribution in [0.2, 0.25) is 0 Å². The molecule has 1 heterocycles. The molecule has 2 unspecified atom stereocenters. The molecule has 0 aromatic heterocycles. The maximum atomic E-state index is 10.9. The average molecular weight is 175 g/mol. The Kier molecular flexibility index (Phi) is 2.78. The zero-order valence-electron chi connectivity index (χ0n) is 6.53. The third-order valence-corrected chi connectivity index (χ3v) is 2.38. The second kappa shape index (κ2) is 3.45. The van der Waals surface area contributed by atoms with Crippen molar-refractivity contribution in [3.8, 4) is 0 Å². The Morgan fingerprint density at radius 2 is 2.45 bits per heavy atom. The predicted molar refractivity (Wildman–Crippen MR) is 45.7 cm³/mol. The molecule has 2 atom stereocenters. The fraction of sp³-hybridized carbons (Fsp3) is 0.857. The normalized spacial score (nSPS) is 31.0. The fourth-order valence-electron chi connectivity index (χ4n) is 1.45. The van der Waals surface area contributed by atoms with E-state index in [9.17, 15) is 4.79 Å². The Labute approximate surface area is 71.8 Å². The summed E-state index contributed by atoms with van der Waals surface area (Å²) in [4.78, 5) is 12.6. The van der Waals surface area contributed by atoms with Crippen molar-refractivity contribution in [1.29, 1.82) is 0 Å². The van der Waals surface area contributed by atoms with E-state index < -0.39 is 0 Å². The van der Waals surface area contributed by atoms with Gasteiger partial charge < -0.3 is 10.0 Å². The highest BCUT2D eigenvalue weighted by Gasteiger charge is 2.30. The molecule has 1 fully saturated rings. The first-order chi connectivity index (χ1) is 5.15. The quantitative estimate of drug-likeness (QED) is 0.546. The van der Waals surface area contributed by atoms with Gasteiger partial charge in [0.1, 0.15) is 0 Å². The van der Waals surface area contributed by atoms with Crippen LogP contribution in [0.15, 0.2) is 0 Å². The second-order valence-electron chi connectivity index (χ2n) is 2.90. The summed E-state index contributed by atoms with van der Waals surface area (Å²) >= 11 is 4.25. The van der Waals surface area contributed by atoms with Crippen molar-refractivity contribution in [2.75, 3.05) is 13.2 Å². The van der Waals surface area contributed by atoms with E-state index in [2.05, 4.69) is 12.6 Å². The summed E-state index contributed by atoms with van der Waals surface area (Å²) in [5.74, 6) is 0.0283. The van der Waals surface area contributed by atoms with E-state index in [0.29, 0.717) is 6.54 Å². The fourth-order valence-corrected chi connectivity index (χ4v) is 1.87. The van der Waals surface area contributed by atoms with E-state index >= 15 is 0 Å². The van der Waals surface area contributed by atoms with Crippen LogP contribution in [0.3, 0.4) is 0 Å². The Balaban J connectivity index is 2.57. The first-order valence-corrected chi connectivity index (χ1v) is 4.23. The number of carbonyl (C=O) groups is 1. The highest BCUT2D eigenvalue weighted by molar-refractivity contribution is 7.81. The van der Waals surface area contributed by atoms with Gasteiger partial charge in [-0.1, -0.05) is 0 Å². The molecular formula is C7H13NO2S. The Hall–Kier alpha value is -0.220. The monoisotopic (exact) mass is 175 g/mol. The summed E-state index contributed by atoms with van der Waals surface area (Å²) in [6.45, 7) is 2.24. The van der Waals surface area contributed by atoms with Crippen LogP contribution in [0.1, 0.15) is 13.3 Å². The number of thiol groups is 1. The summed E-state index contributed by atoms with van der Waals surface area (Å²) < 4.78 is 0. The minimum atomic E-state index is -0.00463. The maximum absolute atomic E-state index is 10.9. The Morgan fingerprint density at radius 1 is 1.82 bits per heavy atom. The molecule has 11 heavy (non-hydrogen) atoms. The van der Waals surface area contributed by atoms with Crippen molar-refractivity contribution in [3.63, 3.8) is 0 Å². The van der Waals surface area contributed by atoms with Gasteiger partial charge in [0.25, 0.3) is 0 Å². The van der Waals surface area contributed by atoms with Crippen LogP contribution in [0.25, 0.3) is 0 Å². The van der Waals surface area contributed by atoms with Gasteiger partial charge in [-0.3, -0.25) is 4.79 Å². The molecule has 0 bridgehead atoms. The van der Waals surface area contributed by atoms with Crippen molar-refractivity contribution >= 4 is 18.5 Å². The number of aliphatic hydroxyl groups is 1. The topological polar surface area (TPSA) is 40.5 Å². The van der Waals surface area contributed by atoms with E-state index in [0.717, 1.165) is 6.42 Å². The van der Waals surface area contributed by atoms with E-state index in [1.54, 1.807) is 4.90 Å². The maximum Gasteiger partial charge on any atom is 0.219 e. The van der Waals surface area contributed by atoms with Crippen molar-refractivity contribution < 1.29 is 9.90 Å². The number of carbonyl (C=O) groups excluding carboxylic acids is 1. The molecular weight excluding hydrogens is 162 g/mol. The summed E-state index contributed by atoms with van der Waals surface area (Å²) in [5, 5.41) is 9.11. The SMILES string of the molecule is CC(=O)N1CC(S)CC1CO. The standard InChI is InChI=1S/C7H13NO2S/c1-5(10)8-3-7(11)2-6(8)4-9/h6-7,9,11H,2-4H2,1H3. The van der Waals surface area contributed by atoms with Gasteiger partial charge in [-0.2, -0.15) is 12.6 Å². The van der Waals surface area contributed by atoms with Gasteiger partial charge >= 0.3 is 0 Å². The Bertz CT molecular complexity index is 163. The molecule has 0 aromatic rings. The first-order valence-electron chi connectivity index (χ1n) is 3.71. The number of amides is 1. The zero-order chi connectivity index (χ0) is 8.43. The average Bonchev–Trinajstić information content (AvgIpc) is 2.30. The number of hydrogen-bond acceptors (Lipinski definition) is 3. The van der Waals surface area contributed by atoms with Crippen LogP contribution in [0.5, 0.6) is 0 Å². The van der Waals surface area contributed by atoms with Gasteiger partial charge in [0, 0.05) is 18.7 Å². The van der Waals surface area contributed by atoms with Crippen LogP contribution < -0.4 is 0 Å². The molecule has 1 aliphatic heterocycles. The third-order valence-electron chi connectivity index (χ3n) is 2.01. The second-order valence-corrected chi connectivity index (χ2v) is 3.63. The molecule has 0 radical (unpaired) electrons. The van der Waals surface area contributed by atoms with Gasteiger partial charge in [0.15, 0.2) is 0 Å². The number of hydrogen-bond donors (Lipinski definition) is 2. The smallest absolute Gasteiger partial charge is 0.219 e. The molecule has 1 aliphatic rings. The molecule has 0 aromatic carbocycles. The van der Waals surface area contributed by atoms with Gasteiger partial charge in [-0.05, 0) is 6.42 Å². The summed E-state index contributed by atoms with van der Waals surface area (Å²) in [5.41, 5.74) is 0. The lowest BCUT2D eigenvalue weighted by Gasteiger charge is -2.20. The van der Waals surface area contributed by atoms with Crippen LogP contribution in [-0.4, -0.2) is 40.4 Å². The molecule has 4 heteroatoms. The van der Waals surface area contributed by atoms with Crippen LogP contribution in [0.4, 0.5) is 0 Å². The van der Waals surface area contributed by atoms with Crippen molar-refractivity contribution in [1.82, 2.24) is 4.90 Å². The van der Waals surface area contributed by atoms with E-state index in [1.807, 2.05) is 0 Å². The molecule has 0 aliphatic carbocycles. The van der Waals surface area contributed by atoms with Crippen molar-refractivity contribution in [2.45, 2.75) is 24.6 Å². The van der Waals surface area contributed by atoms with Gasteiger partial charge in [0.05, 0.1) is 12.6 Å². The van der Waals surface area contributed by atoms with Crippen molar-refractivity contribution in [3.05, 3.63) is 0 Å². The number of nitrogens with zero attached hydrogens (tertiary/aromatic N) is 1. The minimum Gasteiger partial charge on any atom is -0.394 e. The van der Waals surface area contributed by atoms with E-state index in [1.165, 1.54) is 6.92 Å². The number of likely N-dealkylation sites (tertiary alicyclic amines) is 1. The lowest BCUT2D eigenvalue weighted by Crippen LogP contribution is -2.36. The molecule has 3 nitrogen and oxygen atoms in total. The summed E-state index contributed by atoms with van der Waals surface area (Å²) in [6.07, 6.45) is 0.805. The van der Waals surface area contributed by atoms with E-state index in [4.69, 9.17) is 5.11 Å². The highest BCUT2D eigenvalue weighted by Crippen LogP contribution is 2.21. The van der Waals surface area contributed by atoms with Crippen molar-refractivity contribution in [2.24, 2.45) is 0 Å². The lowest BCUT2D eigenvalue weighted by atomic mass is 10.2. The Morgan fingerprint density at radius 3 is 2.82 bits per heavy atom. The molecule has 1 N–H and O–H groups in total. The molecule has 64 valence electrons. The highest BCUT2D eigenvalue weighted by atomic mass is 32.1. The summed E-state index contributed by atoms with van der Waals surface area (Å²) in [6, 6.07) is -0.00463. The molecule has 1 amide bonds. The van der Waals surface area contributed by atoms with Gasteiger partial charge in [-0.15, -0.1) is 0 Å². The third kappa shape index (κ3) is 1.87. The molecule has 0 saturated carbocycles. The number of rotatable bonds is 1.